The SMILES string of the molecule is Cc1ncsc1-c1ccc(C#N)c(Cl)c1. The molecule has 0 amide bonds. The largest absolute Gasteiger partial charge is 0.249 e. The number of hydrogen-bond donors (Lipinski definition) is 0. The number of benzene rings is 1. The van der Waals surface area contributed by atoms with E-state index in [4.69, 9.17) is 16.9 Å². The van der Waals surface area contributed by atoms with E-state index in [-0.39, 0.29) is 0 Å². The first kappa shape index (κ1) is 10.2. The zero-order valence-electron chi connectivity index (χ0n) is 7.99. The Labute approximate surface area is 96.8 Å². The van der Waals surface area contributed by atoms with Crippen molar-refractivity contribution in [2.75, 3.05) is 0 Å². The van der Waals surface area contributed by atoms with Crippen LogP contribution in [0.2, 0.25) is 5.02 Å². The van der Waals surface area contributed by atoms with Gasteiger partial charge in [-0.25, -0.2) is 4.98 Å². The van der Waals surface area contributed by atoms with Crippen LogP contribution >= 0.6 is 22.9 Å². The number of halogens is 1. The molecule has 0 atom stereocenters. The van der Waals surface area contributed by atoms with E-state index in [0.717, 1.165) is 16.1 Å². The molecule has 0 aliphatic rings. The molecule has 0 radical (unpaired) electrons. The van der Waals surface area contributed by atoms with Gasteiger partial charge in [0.05, 0.1) is 26.7 Å². The quantitative estimate of drug-likeness (QED) is 0.755. The molecule has 0 unspecified atom stereocenters. The lowest BCUT2D eigenvalue weighted by Gasteiger charge is -2.00. The first-order valence-electron chi connectivity index (χ1n) is 4.32. The molecule has 0 bridgehead atoms. The third-order valence-corrected chi connectivity index (χ3v) is 3.39. The topological polar surface area (TPSA) is 36.7 Å². The molecule has 0 aliphatic carbocycles. The maximum Gasteiger partial charge on any atom is 0.101 e. The van der Waals surface area contributed by atoms with Gasteiger partial charge in [0.1, 0.15) is 6.07 Å². The maximum atomic E-state index is 8.75. The molecule has 74 valence electrons. The minimum Gasteiger partial charge on any atom is -0.249 e. The van der Waals surface area contributed by atoms with E-state index in [1.807, 2.05) is 19.1 Å². The Kier molecular flexibility index (Phi) is 2.72. The Hall–Kier alpha value is -1.37. The van der Waals surface area contributed by atoms with Crippen molar-refractivity contribution in [1.29, 1.82) is 5.26 Å². The molecule has 0 fully saturated rings. The van der Waals surface area contributed by atoms with Crippen molar-refractivity contribution in [2.45, 2.75) is 6.92 Å². The van der Waals surface area contributed by atoms with E-state index in [1.165, 1.54) is 0 Å². The molecular weight excluding hydrogens is 228 g/mol. The molecule has 4 heteroatoms. The van der Waals surface area contributed by atoms with Crippen LogP contribution in [0.4, 0.5) is 0 Å². The number of nitrogens with zero attached hydrogens (tertiary/aromatic N) is 2. The normalized spacial score (nSPS) is 9.93. The number of aryl methyl sites for hydroxylation is 1. The van der Waals surface area contributed by atoms with Gasteiger partial charge in [0.2, 0.25) is 0 Å². The minimum atomic E-state index is 0.489. The monoisotopic (exact) mass is 234 g/mol. The molecule has 0 saturated carbocycles. The second-order valence-corrected chi connectivity index (χ2v) is 4.34. The van der Waals surface area contributed by atoms with Crippen LogP contribution in [0.25, 0.3) is 10.4 Å². The molecule has 0 saturated heterocycles. The Morgan fingerprint density at radius 1 is 1.47 bits per heavy atom. The van der Waals surface area contributed by atoms with Gasteiger partial charge < -0.3 is 0 Å². The number of rotatable bonds is 1. The first-order chi connectivity index (χ1) is 7.22. The van der Waals surface area contributed by atoms with Gasteiger partial charge in [0.15, 0.2) is 0 Å². The minimum absolute atomic E-state index is 0.489. The Morgan fingerprint density at radius 2 is 2.27 bits per heavy atom. The van der Waals surface area contributed by atoms with Crippen molar-refractivity contribution >= 4 is 22.9 Å². The van der Waals surface area contributed by atoms with Crippen LogP contribution in [-0.2, 0) is 0 Å². The van der Waals surface area contributed by atoms with Crippen molar-refractivity contribution < 1.29 is 0 Å². The predicted molar refractivity (Wildman–Crippen MR) is 62.0 cm³/mol. The lowest BCUT2D eigenvalue weighted by Crippen LogP contribution is -1.81. The lowest BCUT2D eigenvalue weighted by atomic mass is 10.1. The third-order valence-electron chi connectivity index (χ3n) is 2.10. The van der Waals surface area contributed by atoms with Gasteiger partial charge in [-0.2, -0.15) is 5.26 Å². The molecule has 0 aliphatic heterocycles. The summed E-state index contributed by atoms with van der Waals surface area (Å²) < 4.78 is 0. The van der Waals surface area contributed by atoms with Gasteiger partial charge in [0, 0.05) is 0 Å². The summed E-state index contributed by atoms with van der Waals surface area (Å²) in [6.07, 6.45) is 0. The highest BCUT2D eigenvalue weighted by Crippen LogP contribution is 2.30. The van der Waals surface area contributed by atoms with E-state index < -0.39 is 0 Å². The standard InChI is InChI=1S/C11H7ClN2S/c1-7-11(15-6-14-7)8-2-3-9(5-13)10(12)4-8/h2-4,6H,1H3. The maximum absolute atomic E-state index is 8.75. The summed E-state index contributed by atoms with van der Waals surface area (Å²) >= 11 is 7.53. The van der Waals surface area contributed by atoms with Gasteiger partial charge in [-0.15, -0.1) is 11.3 Å². The second kappa shape index (κ2) is 4.01. The molecule has 0 N–H and O–H groups in total. The third kappa shape index (κ3) is 1.87. The first-order valence-corrected chi connectivity index (χ1v) is 5.58. The van der Waals surface area contributed by atoms with Gasteiger partial charge in [-0.1, -0.05) is 17.7 Å². The van der Waals surface area contributed by atoms with E-state index in [0.29, 0.717) is 10.6 Å². The van der Waals surface area contributed by atoms with E-state index in [2.05, 4.69) is 4.98 Å². The van der Waals surface area contributed by atoms with Gasteiger partial charge >= 0.3 is 0 Å². The summed E-state index contributed by atoms with van der Waals surface area (Å²) in [6, 6.07) is 7.47. The summed E-state index contributed by atoms with van der Waals surface area (Å²) in [7, 11) is 0. The van der Waals surface area contributed by atoms with Crippen molar-refractivity contribution in [3.05, 3.63) is 40.0 Å². The zero-order valence-corrected chi connectivity index (χ0v) is 9.56. The Morgan fingerprint density at radius 3 is 2.80 bits per heavy atom. The van der Waals surface area contributed by atoms with Crippen LogP contribution in [0.1, 0.15) is 11.3 Å². The summed E-state index contributed by atoms with van der Waals surface area (Å²) in [5, 5.41) is 9.24. The number of hydrogen-bond acceptors (Lipinski definition) is 3. The summed E-state index contributed by atoms with van der Waals surface area (Å²) in [4.78, 5) is 5.27. The molecule has 15 heavy (non-hydrogen) atoms. The van der Waals surface area contributed by atoms with E-state index in [9.17, 15) is 0 Å². The van der Waals surface area contributed by atoms with Gasteiger partial charge in [-0.05, 0) is 24.6 Å². The summed E-state index contributed by atoms with van der Waals surface area (Å²) in [5.41, 5.74) is 4.30. The van der Waals surface area contributed by atoms with Crippen molar-refractivity contribution in [2.24, 2.45) is 0 Å². The van der Waals surface area contributed by atoms with Crippen molar-refractivity contribution in [3.63, 3.8) is 0 Å². The van der Waals surface area contributed by atoms with Crippen molar-refractivity contribution in [1.82, 2.24) is 4.98 Å². The zero-order chi connectivity index (χ0) is 10.8. The highest BCUT2D eigenvalue weighted by Gasteiger charge is 2.07. The molecular formula is C11H7ClN2S. The predicted octanol–water partition coefficient (Wildman–Crippen LogP) is 3.64. The lowest BCUT2D eigenvalue weighted by molar-refractivity contribution is 1.27. The van der Waals surface area contributed by atoms with Crippen LogP contribution in [0.5, 0.6) is 0 Å². The highest BCUT2D eigenvalue weighted by atomic mass is 35.5. The van der Waals surface area contributed by atoms with E-state index >= 15 is 0 Å². The molecule has 1 aromatic heterocycles. The van der Waals surface area contributed by atoms with Crippen LogP contribution in [0, 0.1) is 18.3 Å². The molecule has 2 rings (SSSR count). The van der Waals surface area contributed by atoms with Crippen LogP contribution in [-0.4, -0.2) is 4.98 Å². The number of nitriles is 1. The summed E-state index contributed by atoms with van der Waals surface area (Å²) in [6.45, 7) is 1.96. The fraction of sp³-hybridized carbons (Fsp3) is 0.0909. The number of thiazole rings is 1. The fourth-order valence-electron chi connectivity index (χ4n) is 1.33. The van der Waals surface area contributed by atoms with Crippen LogP contribution in [0.15, 0.2) is 23.7 Å². The van der Waals surface area contributed by atoms with E-state index in [1.54, 1.807) is 29.0 Å². The molecule has 0 spiro atoms. The smallest absolute Gasteiger partial charge is 0.101 e. The highest BCUT2D eigenvalue weighted by molar-refractivity contribution is 7.13. The molecule has 2 aromatic rings. The fourth-order valence-corrected chi connectivity index (χ4v) is 2.35. The Balaban J connectivity index is 2.53. The Bertz CT molecular complexity index is 540. The molecule has 1 heterocycles. The van der Waals surface area contributed by atoms with Gasteiger partial charge in [-0.3, -0.25) is 0 Å². The second-order valence-electron chi connectivity index (χ2n) is 3.07. The van der Waals surface area contributed by atoms with Crippen molar-refractivity contribution in [3.8, 4) is 16.5 Å². The number of aromatic nitrogens is 1. The van der Waals surface area contributed by atoms with Crippen LogP contribution in [0.3, 0.4) is 0 Å². The van der Waals surface area contributed by atoms with Gasteiger partial charge in [0.25, 0.3) is 0 Å². The molecule has 1 aromatic carbocycles. The van der Waals surface area contributed by atoms with Crippen LogP contribution < -0.4 is 0 Å². The average molecular weight is 235 g/mol. The molecule has 2 nitrogen and oxygen atoms in total. The summed E-state index contributed by atoms with van der Waals surface area (Å²) in [5.74, 6) is 0. The average Bonchev–Trinajstić information content (AvgIpc) is 2.64.